The van der Waals surface area contributed by atoms with Crippen LogP contribution < -0.4 is 10.1 Å². The zero-order chi connectivity index (χ0) is 24.2. The van der Waals surface area contributed by atoms with E-state index in [2.05, 4.69) is 34.1 Å². The summed E-state index contributed by atoms with van der Waals surface area (Å²) in [5, 5.41) is 3.10. The van der Waals surface area contributed by atoms with Gasteiger partial charge in [0.05, 0.1) is 18.4 Å². The van der Waals surface area contributed by atoms with E-state index in [1.54, 1.807) is 7.11 Å². The van der Waals surface area contributed by atoms with Crippen molar-refractivity contribution in [3.05, 3.63) is 127 Å². The van der Waals surface area contributed by atoms with E-state index >= 15 is 0 Å². The first-order chi connectivity index (χ1) is 17.2. The minimum absolute atomic E-state index is 0.142. The van der Waals surface area contributed by atoms with Gasteiger partial charge in [0.25, 0.3) is 5.91 Å². The molecule has 1 amide bonds. The molecule has 172 valence electrons. The summed E-state index contributed by atoms with van der Waals surface area (Å²) in [6.07, 6.45) is 0. The number of hydrogen-bond acceptors (Lipinski definition) is 2. The van der Waals surface area contributed by atoms with Gasteiger partial charge in [0.2, 0.25) is 0 Å². The highest BCUT2D eigenvalue weighted by Gasteiger charge is 2.27. The molecular weight excluding hydrogens is 432 g/mol. The topological polar surface area (TPSA) is 43.3 Å². The Hall–Kier alpha value is -4.57. The van der Waals surface area contributed by atoms with E-state index in [1.807, 2.05) is 97.9 Å². The minimum atomic E-state index is -0.142. The zero-order valence-electron chi connectivity index (χ0n) is 19.7. The number of amides is 1. The third-order valence-corrected chi connectivity index (χ3v) is 6.11. The molecule has 0 saturated carbocycles. The molecule has 0 aliphatic rings. The predicted octanol–water partition coefficient (Wildman–Crippen LogP) is 7.38. The molecule has 0 bridgehead atoms. The van der Waals surface area contributed by atoms with Gasteiger partial charge in [0.1, 0.15) is 5.75 Å². The molecule has 4 heteroatoms. The normalized spacial score (nSPS) is 10.7. The van der Waals surface area contributed by atoms with E-state index in [9.17, 15) is 4.79 Å². The molecule has 0 spiro atoms. The fourth-order valence-electron chi connectivity index (χ4n) is 4.49. The maximum absolute atomic E-state index is 13.8. The summed E-state index contributed by atoms with van der Waals surface area (Å²) in [5.41, 5.74) is 7.11. The molecule has 1 N–H and O–H groups in total. The summed E-state index contributed by atoms with van der Waals surface area (Å²) in [7, 11) is 1.66. The Labute approximate surface area is 205 Å². The van der Waals surface area contributed by atoms with Crippen molar-refractivity contribution in [2.24, 2.45) is 0 Å². The van der Waals surface area contributed by atoms with Crippen LogP contribution in [0.5, 0.6) is 5.75 Å². The fourth-order valence-corrected chi connectivity index (χ4v) is 4.49. The molecule has 0 aliphatic heterocycles. The number of ether oxygens (including phenoxy) is 1. The van der Waals surface area contributed by atoms with Gasteiger partial charge in [-0.3, -0.25) is 4.79 Å². The summed E-state index contributed by atoms with van der Waals surface area (Å²) in [5.74, 6) is 0.641. The van der Waals surface area contributed by atoms with Crippen LogP contribution in [0.1, 0.15) is 16.1 Å². The Morgan fingerprint density at radius 2 is 1.26 bits per heavy atom. The largest absolute Gasteiger partial charge is 0.497 e. The standard InChI is InChI=1S/C31H26N2O2/c1-22-28(31(34)32-25-16-10-5-11-17-25)29(23-12-6-3-7-13-23)30(24-14-8-4-9-15-24)33(22)26-18-20-27(35-2)21-19-26/h3-21H,1-2H3,(H,32,34). The Balaban J connectivity index is 1.80. The number of benzene rings is 4. The van der Waals surface area contributed by atoms with Crippen molar-refractivity contribution in [2.75, 3.05) is 12.4 Å². The molecule has 1 aromatic heterocycles. The van der Waals surface area contributed by atoms with Gasteiger partial charge in [0.15, 0.2) is 0 Å². The lowest BCUT2D eigenvalue weighted by atomic mass is 9.96. The van der Waals surface area contributed by atoms with Gasteiger partial charge >= 0.3 is 0 Å². The van der Waals surface area contributed by atoms with Crippen LogP contribution >= 0.6 is 0 Å². The first kappa shape index (κ1) is 22.2. The van der Waals surface area contributed by atoms with Gasteiger partial charge < -0.3 is 14.6 Å². The van der Waals surface area contributed by atoms with Crippen LogP contribution in [0.2, 0.25) is 0 Å². The van der Waals surface area contributed by atoms with Gasteiger partial charge in [0, 0.05) is 22.6 Å². The Kier molecular flexibility index (Phi) is 6.18. The molecular formula is C31H26N2O2. The number of methoxy groups -OCH3 is 1. The van der Waals surface area contributed by atoms with Crippen LogP contribution in [-0.4, -0.2) is 17.6 Å². The highest BCUT2D eigenvalue weighted by atomic mass is 16.5. The van der Waals surface area contributed by atoms with Crippen LogP contribution in [0.15, 0.2) is 115 Å². The molecule has 0 saturated heterocycles. The van der Waals surface area contributed by atoms with Gasteiger partial charge in [-0.2, -0.15) is 0 Å². The second kappa shape index (κ2) is 9.74. The van der Waals surface area contributed by atoms with Gasteiger partial charge in [-0.25, -0.2) is 0 Å². The van der Waals surface area contributed by atoms with Crippen molar-refractivity contribution in [3.8, 4) is 33.8 Å². The molecule has 0 fully saturated rings. The fraction of sp³-hybridized carbons (Fsp3) is 0.0645. The van der Waals surface area contributed by atoms with Gasteiger partial charge in [-0.15, -0.1) is 0 Å². The zero-order valence-corrected chi connectivity index (χ0v) is 19.7. The number of carbonyl (C=O) groups is 1. The molecule has 1 heterocycles. The monoisotopic (exact) mass is 458 g/mol. The van der Waals surface area contributed by atoms with Crippen molar-refractivity contribution in [2.45, 2.75) is 6.92 Å². The highest BCUT2D eigenvalue weighted by molar-refractivity contribution is 6.12. The second-order valence-corrected chi connectivity index (χ2v) is 8.27. The predicted molar refractivity (Wildman–Crippen MR) is 142 cm³/mol. The summed E-state index contributed by atoms with van der Waals surface area (Å²) in [6.45, 7) is 2.00. The van der Waals surface area contributed by atoms with E-state index < -0.39 is 0 Å². The number of carbonyl (C=O) groups excluding carboxylic acids is 1. The lowest BCUT2D eigenvalue weighted by Crippen LogP contribution is -2.14. The van der Waals surface area contributed by atoms with Crippen molar-refractivity contribution in [3.63, 3.8) is 0 Å². The minimum Gasteiger partial charge on any atom is -0.497 e. The molecule has 0 unspecified atom stereocenters. The lowest BCUT2D eigenvalue weighted by Gasteiger charge is -2.14. The maximum atomic E-state index is 13.8. The van der Waals surface area contributed by atoms with Crippen LogP contribution in [0.25, 0.3) is 28.1 Å². The average molecular weight is 459 g/mol. The van der Waals surface area contributed by atoms with E-state index in [4.69, 9.17) is 4.74 Å². The average Bonchev–Trinajstić information content (AvgIpc) is 3.23. The van der Waals surface area contributed by atoms with Crippen LogP contribution in [-0.2, 0) is 0 Å². The van der Waals surface area contributed by atoms with Crippen molar-refractivity contribution >= 4 is 11.6 Å². The lowest BCUT2D eigenvalue weighted by molar-refractivity contribution is 0.102. The van der Waals surface area contributed by atoms with Crippen molar-refractivity contribution in [1.82, 2.24) is 4.57 Å². The number of aromatic nitrogens is 1. The highest BCUT2D eigenvalue weighted by Crippen LogP contribution is 2.41. The van der Waals surface area contributed by atoms with E-state index in [0.29, 0.717) is 5.56 Å². The molecule has 5 rings (SSSR count). The van der Waals surface area contributed by atoms with Crippen LogP contribution in [0.3, 0.4) is 0 Å². The summed E-state index contributed by atoms with van der Waals surface area (Å²) in [4.78, 5) is 13.8. The number of nitrogens with zero attached hydrogens (tertiary/aromatic N) is 1. The molecule has 0 radical (unpaired) electrons. The Morgan fingerprint density at radius 3 is 1.83 bits per heavy atom. The molecule has 4 nitrogen and oxygen atoms in total. The Bertz CT molecular complexity index is 1440. The van der Waals surface area contributed by atoms with Gasteiger partial charge in [-0.05, 0) is 54.4 Å². The number of rotatable bonds is 6. The Morgan fingerprint density at radius 1 is 0.714 bits per heavy atom. The number of para-hydroxylation sites is 1. The second-order valence-electron chi connectivity index (χ2n) is 8.27. The van der Waals surface area contributed by atoms with E-state index in [-0.39, 0.29) is 5.91 Å². The van der Waals surface area contributed by atoms with Crippen LogP contribution in [0.4, 0.5) is 5.69 Å². The summed E-state index contributed by atoms with van der Waals surface area (Å²) >= 11 is 0. The summed E-state index contributed by atoms with van der Waals surface area (Å²) < 4.78 is 7.54. The molecule has 35 heavy (non-hydrogen) atoms. The molecule has 0 aliphatic carbocycles. The third kappa shape index (κ3) is 4.34. The third-order valence-electron chi connectivity index (χ3n) is 6.11. The smallest absolute Gasteiger partial charge is 0.258 e. The first-order valence-electron chi connectivity index (χ1n) is 11.5. The SMILES string of the molecule is COc1ccc(-n2c(C)c(C(=O)Nc3ccccc3)c(-c3ccccc3)c2-c2ccccc2)cc1. The van der Waals surface area contributed by atoms with E-state index in [0.717, 1.165) is 45.2 Å². The van der Waals surface area contributed by atoms with Gasteiger partial charge in [-0.1, -0.05) is 78.9 Å². The van der Waals surface area contributed by atoms with Crippen molar-refractivity contribution < 1.29 is 9.53 Å². The quantitative estimate of drug-likeness (QED) is 0.288. The number of nitrogens with one attached hydrogen (secondary N) is 1. The first-order valence-corrected chi connectivity index (χ1v) is 11.5. The number of anilines is 1. The van der Waals surface area contributed by atoms with Crippen LogP contribution in [0, 0.1) is 6.92 Å². The molecule has 0 atom stereocenters. The van der Waals surface area contributed by atoms with E-state index in [1.165, 1.54) is 0 Å². The number of hydrogen-bond donors (Lipinski definition) is 1. The summed E-state index contributed by atoms with van der Waals surface area (Å²) in [6, 6.07) is 37.8. The maximum Gasteiger partial charge on any atom is 0.258 e. The molecule has 4 aromatic carbocycles. The van der Waals surface area contributed by atoms with Crippen molar-refractivity contribution in [1.29, 1.82) is 0 Å². The molecule has 5 aromatic rings.